The van der Waals surface area contributed by atoms with E-state index in [2.05, 4.69) is 10.6 Å². The van der Waals surface area contributed by atoms with Gasteiger partial charge in [0.1, 0.15) is 0 Å². The van der Waals surface area contributed by atoms with Gasteiger partial charge in [0, 0.05) is 31.2 Å². The first kappa shape index (κ1) is 16.2. The molecule has 1 fully saturated rings. The molecule has 1 unspecified atom stereocenters. The van der Waals surface area contributed by atoms with Crippen molar-refractivity contribution in [2.45, 2.75) is 12.6 Å². The van der Waals surface area contributed by atoms with Gasteiger partial charge in [-0.3, -0.25) is 9.69 Å². The van der Waals surface area contributed by atoms with Crippen molar-refractivity contribution >= 4 is 17.5 Å². The zero-order chi connectivity index (χ0) is 15.1. The van der Waals surface area contributed by atoms with Gasteiger partial charge in [-0.1, -0.05) is 29.8 Å². The molecular weight excluding hydrogens is 290 g/mol. The van der Waals surface area contributed by atoms with Crippen molar-refractivity contribution in [2.24, 2.45) is 0 Å². The van der Waals surface area contributed by atoms with Crippen LogP contribution < -0.4 is 10.6 Å². The van der Waals surface area contributed by atoms with Crippen molar-refractivity contribution in [3.63, 3.8) is 0 Å². The van der Waals surface area contributed by atoms with E-state index in [1.54, 1.807) is 0 Å². The molecule has 6 heteroatoms. The van der Waals surface area contributed by atoms with E-state index in [0.717, 1.165) is 31.8 Å². The lowest BCUT2D eigenvalue weighted by Gasteiger charge is -2.27. The van der Waals surface area contributed by atoms with E-state index < -0.39 is 0 Å². The van der Waals surface area contributed by atoms with Crippen molar-refractivity contribution in [2.75, 3.05) is 39.8 Å². The third-order valence-electron chi connectivity index (χ3n) is 3.37. The number of hydrogen-bond donors (Lipinski definition) is 2. The number of likely N-dealkylation sites (N-methyl/N-ethyl adjacent to an activating group) is 1. The maximum absolute atomic E-state index is 11.9. The SMILES string of the molecule is CN(CC(=O)NCc1ccccc1Cl)CC1CNCCO1. The molecular formula is C15H22ClN3O2. The summed E-state index contributed by atoms with van der Waals surface area (Å²) in [4.78, 5) is 13.9. The molecule has 1 aliphatic rings. The fourth-order valence-electron chi connectivity index (χ4n) is 2.29. The van der Waals surface area contributed by atoms with E-state index in [4.69, 9.17) is 16.3 Å². The summed E-state index contributed by atoms with van der Waals surface area (Å²) in [5.74, 6) is -0.0128. The fraction of sp³-hybridized carbons (Fsp3) is 0.533. The monoisotopic (exact) mass is 311 g/mol. The Morgan fingerprint density at radius 2 is 2.33 bits per heavy atom. The first-order chi connectivity index (χ1) is 10.1. The maximum atomic E-state index is 11.9. The summed E-state index contributed by atoms with van der Waals surface area (Å²) in [7, 11) is 1.92. The van der Waals surface area contributed by atoms with Crippen LogP contribution in [0.5, 0.6) is 0 Å². The van der Waals surface area contributed by atoms with Crippen molar-refractivity contribution in [3.05, 3.63) is 34.9 Å². The third kappa shape index (κ3) is 5.63. The molecule has 0 saturated carbocycles. The maximum Gasteiger partial charge on any atom is 0.234 e. The molecule has 5 nitrogen and oxygen atoms in total. The first-order valence-electron chi connectivity index (χ1n) is 7.16. The predicted molar refractivity (Wildman–Crippen MR) is 83.4 cm³/mol. The number of carbonyl (C=O) groups is 1. The highest BCUT2D eigenvalue weighted by Crippen LogP contribution is 2.14. The van der Waals surface area contributed by atoms with Crippen LogP contribution in [0.4, 0.5) is 0 Å². The van der Waals surface area contributed by atoms with Gasteiger partial charge in [0.15, 0.2) is 0 Å². The highest BCUT2D eigenvalue weighted by atomic mass is 35.5. The van der Waals surface area contributed by atoms with E-state index in [0.29, 0.717) is 18.1 Å². The Morgan fingerprint density at radius 3 is 3.05 bits per heavy atom. The van der Waals surface area contributed by atoms with Crippen molar-refractivity contribution in [1.29, 1.82) is 0 Å². The number of carbonyl (C=O) groups excluding carboxylic acids is 1. The molecule has 1 amide bonds. The molecule has 21 heavy (non-hydrogen) atoms. The minimum atomic E-state index is -0.0128. The smallest absolute Gasteiger partial charge is 0.234 e. The number of nitrogens with zero attached hydrogens (tertiary/aromatic N) is 1. The Kier molecular flexibility index (Phi) is 6.45. The average Bonchev–Trinajstić information content (AvgIpc) is 2.47. The summed E-state index contributed by atoms with van der Waals surface area (Å²) in [6.45, 7) is 4.02. The molecule has 1 atom stereocenters. The van der Waals surface area contributed by atoms with Crippen LogP contribution in [0.15, 0.2) is 24.3 Å². The zero-order valence-corrected chi connectivity index (χ0v) is 13.0. The Hall–Kier alpha value is -1.14. The second-order valence-electron chi connectivity index (χ2n) is 5.26. The van der Waals surface area contributed by atoms with Gasteiger partial charge in [-0.2, -0.15) is 0 Å². The van der Waals surface area contributed by atoms with Crippen LogP contribution in [0.1, 0.15) is 5.56 Å². The quantitative estimate of drug-likeness (QED) is 0.819. The number of hydrogen-bond acceptors (Lipinski definition) is 4. The molecule has 0 bridgehead atoms. The van der Waals surface area contributed by atoms with Gasteiger partial charge in [0.2, 0.25) is 5.91 Å². The number of halogens is 1. The number of amides is 1. The molecule has 0 aromatic heterocycles. The Labute approximate surface area is 130 Å². The van der Waals surface area contributed by atoms with Crippen LogP contribution in [0.2, 0.25) is 5.02 Å². The highest BCUT2D eigenvalue weighted by Gasteiger charge is 2.16. The van der Waals surface area contributed by atoms with E-state index in [-0.39, 0.29) is 12.0 Å². The molecule has 2 N–H and O–H groups in total. The molecule has 1 heterocycles. The molecule has 0 spiro atoms. The van der Waals surface area contributed by atoms with E-state index >= 15 is 0 Å². The zero-order valence-electron chi connectivity index (χ0n) is 12.3. The van der Waals surface area contributed by atoms with E-state index in [1.807, 2.05) is 36.2 Å². The number of nitrogens with one attached hydrogen (secondary N) is 2. The summed E-state index contributed by atoms with van der Waals surface area (Å²) in [6.07, 6.45) is 0.153. The lowest BCUT2D eigenvalue weighted by atomic mass is 10.2. The van der Waals surface area contributed by atoms with E-state index in [9.17, 15) is 4.79 Å². The summed E-state index contributed by atoms with van der Waals surface area (Å²) in [5.41, 5.74) is 0.926. The molecule has 0 aliphatic carbocycles. The van der Waals surface area contributed by atoms with Crippen molar-refractivity contribution < 1.29 is 9.53 Å². The third-order valence-corrected chi connectivity index (χ3v) is 3.74. The summed E-state index contributed by atoms with van der Waals surface area (Å²) in [5, 5.41) is 6.84. The van der Waals surface area contributed by atoms with Crippen LogP contribution in [0, 0.1) is 0 Å². The summed E-state index contributed by atoms with van der Waals surface area (Å²) in [6, 6.07) is 7.52. The minimum Gasteiger partial charge on any atom is -0.374 e. The number of rotatable bonds is 6. The van der Waals surface area contributed by atoms with Crippen LogP contribution >= 0.6 is 11.6 Å². The largest absolute Gasteiger partial charge is 0.374 e. The Morgan fingerprint density at radius 1 is 1.52 bits per heavy atom. The second-order valence-corrected chi connectivity index (χ2v) is 5.67. The van der Waals surface area contributed by atoms with Gasteiger partial charge in [-0.05, 0) is 18.7 Å². The normalized spacial score (nSPS) is 18.7. The molecule has 1 aromatic rings. The fourth-order valence-corrected chi connectivity index (χ4v) is 2.49. The molecule has 1 saturated heterocycles. The van der Waals surface area contributed by atoms with Crippen molar-refractivity contribution in [1.82, 2.24) is 15.5 Å². The van der Waals surface area contributed by atoms with Gasteiger partial charge in [0.25, 0.3) is 0 Å². The summed E-state index contributed by atoms with van der Waals surface area (Å²) >= 11 is 6.06. The Balaban J connectivity index is 1.70. The lowest BCUT2D eigenvalue weighted by molar-refractivity contribution is -0.122. The molecule has 116 valence electrons. The van der Waals surface area contributed by atoms with Gasteiger partial charge in [-0.25, -0.2) is 0 Å². The van der Waals surface area contributed by atoms with Crippen molar-refractivity contribution in [3.8, 4) is 0 Å². The van der Waals surface area contributed by atoms with Crippen LogP contribution in [-0.2, 0) is 16.1 Å². The van der Waals surface area contributed by atoms with Gasteiger partial charge in [0.05, 0.1) is 19.3 Å². The second kappa shape index (κ2) is 8.34. The number of benzene rings is 1. The van der Waals surface area contributed by atoms with Crippen LogP contribution in [-0.4, -0.2) is 56.7 Å². The average molecular weight is 312 g/mol. The van der Waals surface area contributed by atoms with Crippen LogP contribution in [0.3, 0.4) is 0 Å². The highest BCUT2D eigenvalue weighted by molar-refractivity contribution is 6.31. The molecule has 1 aromatic carbocycles. The first-order valence-corrected chi connectivity index (χ1v) is 7.54. The van der Waals surface area contributed by atoms with Gasteiger partial charge < -0.3 is 15.4 Å². The van der Waals surface area contributed by atoms with Crippen LogP contribution in [0.25, 0.3) is 0 Å². The molecule has 2 rings (SSSR count). The summed E-state index contributed by atoms with van der Waals surface area (Å²) < 4.78 is 5.62. The topological polar surface area (TPSA) is 53.6 Å². The minimum absolute atomic E-state index is 0.0128. The standard InChI is InChI=1S/C15H22ClN3O2/c1-19(10-13-9-17-6-7-21-13)11-15(20)18-8-12-4-2-3-5-14(12)16/h2-5,13,17H,6-11H2,1H3,(H,18,20). The molecule has 1 aliphatic heterocycles. The lowest BCUT2D eigenvalue weighted by Crippen LogP contribution is -2.46. The Bertz CT molecular complexity index is 464. The van der Waals surface area contributed by atoms with E-state index in [1.165, 1.54) is 0 Å². The number of morpholine rings is 1. The van der Waals surface area contributed by atoms with Gasteiger partial charge >= 0.3 is 0 Å². The van der Waals surface area contributed by atoms with Gasteiger partial charge in [-0.15, -0.1) is 0 Å². The molecule has 0 radical (unpaired) electrons. The predicted octanol–water partition coefficient (Wildman–Crippen LogP) is 0.876. The number of ether oxygens (including phenoxy) is 1.